The molecule has 0 radical (unpaired) electrons. The Morgan fingerprint density at radius 2 is 2.00 bits per heavy atom. The maximum atomic E-state index is 10.9. The van der Waals surface area contributed by atoms with E-state index < -0.39 is 0 Å². The van der Waals surface area contributed by atoms with Crippen LogP contribution in [0.4, 0.5) is 0 Å². The first kappa shape index (κ1) is 10.2. The highest BCUT2D eigenvalue weighted by Crippen LogP contribution is 2.25. The zero-order valence-corrected chi connectivity index (χ0v) is 7.42. The molecule has 1 saturated carbocycles. The Labute approximate surface area is 68.2 Å². The zero-order chi connectivity index (χ0) is 8.85. The quantitative estimate of drug-likeness (QED) is 0.535. The predicted molar refractivity (Wildman–Crippen MR) is 43.9 cm³/mol. The number of nitriles is 1. The topological polar surface area (TPSA) is 40.9 Å². The number of carbonyl (C=O) groups excluding carboxylic acids is 1. The maximum Gasteiger partial charge on any atom is 0.152 e. The van der Waals surface area contributed by atoms with Crippen LogP contribution >= 0.6 is 0 Å². The van der Waals surface area contributed by atoms with E-state index in [4.69, 9.17) is 5.26 Å². The fourth-order valence-electron chi connectivity index (χ4n) is 1.17. The van der Waals surface area contributed by atoms with Gasteiger partial charge in [-0.25, -0.2) is 0 Å². The van der Waals surface area contributed by atoms with Crippen LogP contribution in [0.3, 0.4) is 0 Å². The summed E-state index contributed by atoms with van der Waals surface area (Å²) in [6.07, 6.45) is 1.67. The number of carbonyl (C=O) groups is 1. The Morgan fingerprint density at radius 1 is 1.45 bits per heavy atom. The van der Waals surface area contributed by atoms with E-state index in [9.17, 15) is 4.79 Å². The summed E-state index contributed by atoms with van der Waals surface area (Å²) in [5, 5.41) is 8.38. The molecule has 0 aromatic rings. The fourth-order valence-corrected chi connectivity index (χ4v) is 1.17. The van der Waals surface area contributed by atoms with E-state index in [-0.39, 0.29) is 17.6 Å². The first-order valence-electron chi connectivity index (χ1n) is 4.19. The van der Waals surface area contributed by atoms with E-state index in [2.05, 4.69) is 0 Å². The lowest BCUT2D eigenvalue weighted by Crippen LogP contribution is -2.08. The van der Waals surface area contributed by atoms with Crippen molar-refractivity contribution in [1.82, 2.24) is 0 Å². The Kier molecular flexibility index (Phi) is 4.52. The highest BCUT2D eigenvalue weighted by atomic mass is 16.1. The number of ketones is 1. The molecule has 0 spiro atoms. The van der Waals surface area contributed by atoms with Crippen molar-refractivity contribution < 1.29 is 4.79 Å². The van der Waals surface area contributed by atoms with Crippen LogP contribution in [-0.4, -0.2) is 5.78 Å². The molecule has 2 heteroatoms. The van der Waals surface area contributed by atoms with Crippen molar-refractivity contribution in [2.75, 3.05) is 0 Å². The molecular weight excluding hydrogens is 138 g/mol. The van der Waals surface area contributed by atoms with Gasteiger partial charge in [0.1, 0.15) is 5.92 Å². The van der Waals surface area contributed by atoms with E-state index in [1.165, 1.54) is 0 Å². The first-order valence-corrected chi connectivity index (χ1v) is 4.19. The molecule has 2 atom stereocenters. The Balaban J connectivity index is 0.000000461. The van der Waals surface area contributed by atoms with Gasteiger partial charge in [0.25, 0.3) is 0 Å². The van der Waals surface area contributed by atoms with Crippen molar-refractivity contribution in [3.63, 3.8) is 0 Å². The number of Topliss-reactive ketones (excluding diaryl/α,β-unsaturated/α-hetero) is 1. The highest BCUT2D eigenvalue weighted by molar-refractivity contribution is 5.87. The van der Waals surface area contributed by atoms with Gasteiger partial charge in [-0.2, -0.15) is 5.26 Å². The lowest BCUT2D eigenvalue weighted by atomic mass is 10.1. The molecule has 0 aromatic carbocycles. The summed E-state index contributed by atoms with van der Waals surface area (Å²) in [5.74, 6) is -0.0212. The fraction of sp³-hybridized carbons (Fsp3) is 0.778. The van der Waals surface area contributed by atoms with E-state index in [0.717, 1.165) is 12.8 Å². The van der Waals surface area contributed by atoms with Gasteiger partial charge in [-0.1, -0.05) is 20.8 Å². The van der Waals surface area contributed by atoms with Crippen LogP contribution in [0.25, 0.3) is 0 Å². The number of rotatable bonds is 0. The Bertz CT molecular complexity index is 169. The van der Waals surface area contributed by atoms with E-state index >= 15 is 0 Å². The molecule has 0 amide bonds. The summed E-state index contributed by atoms with van der Waals surface area (Å²) in [6.45, 7) is 5.89. The van der Waals surface area contributed by atoms with Crippen molar-refractivity contribution in [1.29, 1.82) is 5.26 Å². The molecule has 11 heavy (non-hydrogen) atoms. The van der Waals surface area contributed by atoms with Crippen molar-refractivity contribution >= 4 is 5.78 Å². The summed E-state index contributed by atoms with van der Waals surface area (Å²) in [6, 6.07) is 1.99. The minimum absolute atomic E-state index is 0.134. The second-order valence-electron chi connectivity index (χ2n) is 2.56. The minimum atomic E-state index is -0.292. The molecular formula is C9H15NO. The summed E-state index contributed by atoms with van der Waals surface area (Å²) in [7, 11) is 0. The lowest BCUT2D eigenvalue weighted by molar-refractivity contribution is -0.122. The first-order chi connectivity index (χ1) is 5.25. The molecule has 0 heterocycles. The summed E-state index contributed by atoms with van der Waals surface area (Å²) < 4.78 is 0. The molecule has 1 aliphatic carbocycles. The predicted octanol–water partition coefficient (Wildman–Crippen LogP) is 2.15. The Morgan fingerprint density at radius 3 is 2.18 bits per heavy atom. The van der Waals surface area contributed by atoms with Crippen molar-refractivity contribution in [3.05, 3.63) is 0 Å². The number of hydrogen-bond acceptors (Lipinski definition) is 2. The molecule has 1 fully saturated rings. The molecule has 62 valence electrons. The summed E-state index contributed by atoms with van der Waals surface area (Å²) >= 11 is 0. The molecule has 0 N–H and O–H groups in total. The van der Waals surface area contributed by atoms with E-state index in [1.54, 1.807) is 0 Å². The van der Waals surface area contributed by atoms with Gasteiger partial charge >= 0.3 is 0 Å². The van der Waals surface area contributed by atoms with Gasteiger partial charge in [-0.05, 0) is 12.8 Å². The average Bonchev–Trinajstić information content (AvgIpc) is 2.37. The van der Waals surface area contributed by atoms with Crippen LogP contribution in [0.5, 0.6) is 0 Å². The zero-order valence-electron chi connectivity index (χ0n) is 7.42. The SMILES string of the molecule is CC.CC1CCC(C#N)C1=O. The third-order valence-electron chi connectivity index (χ3n) is 1.87. The molecule has 1 rings (SSSR count). The average molecular weight is 153 g/mol. The monoisotopic (exact) mass is 153 g/mol. The van der Waals surface area contributed by atoms with Gasteiger partial charge < -0.3 is 0 Å². The van der Waals surface area contributed by atoms with Crippen LogP contribution in [0, 0.1) is 23.2 Å². The highest BCUT2D eigenvalue weighted by Gasteiger charge is 2.30. The van der Waals surface area contributed by atoms with Crippen molar-refractivity contribution in [3.8, 4) is 6.07 Å². The summed E-state index contributed by atoms with van der Waals surface area (Å²) in [4.78, 5) is 10.9. The van der Waals surface area contributed by atoms with Gasteiger partial charge in [-0.15, -0.1) is 0 Å². The second kappa shape index (κ2) is 4.90. The molecule has 1 aliphatic rings. The molecule has 2 nitrogen and oxygen atoms in total. The Hall–Kier alpha value is -0.840. The molecule has 0 bridgehead atoms. The number of hydrogen-bond donors (Lipinski definition) is 0. The molecule has 0 aliphatic heterocycles. The third-order valence-corrected chi connectivity index (χ3v) is 1.87. The molecule has 2 unspecified atom stereocenters. The molecule has 0 aromatic heterocycles. The van der Waals surface area contributed by atoms with Crippen LogP contribution in [0.1, 0.15) is 33.6 Å². The van der Waals surface area contributed by atoms with Gasteiger partial charge in [-0.3, -0.25) is 4.79 Å². The van der Waals surface area contributed by atoms with Crippen LogP contribution < -0.4 is 0 Å². The summed E-state index contributed by atoms with van der Waals surface area (Å²) in [5.41, 5.74) is 0. The van der Waals surface area contributed by atoms with E-state index in [1.807, 2.05) is 26.8 Å². The lowest BCUT2D eigenvalue weighted by Gasteiger charge is -1.94. The smallest absolute Gasteiger partial charge is 0.152 e. The maximum absolute atomic E-state index is 10.9. The normalized spacial score (nSPS) is 28.7. The van der Waals surface area contributed by atoms with Gasteiger partial charge in [0.05, 0.1) is 6.07 Å². The van der Waals surface area contributed by atoms with Gasteiger partial charge in [0, 0.05) is 5.92 Å². The largest absolute Gasteiger partial charge is 0.298 e. The van der Waals surface area contributed by atoms with Crippen molar-refractivity contribution in [2.45, 2.75) is 33.6 Å². The third kappa shape index (κ3) is 2.34. The second-order valence-corrected chi connectivity index (χ2v) is 2.56. The van der Waals surface area contributed by atoms with Crippen molar-refractivity contribution in [2.24, 2.45) is 11.8 Å². The standard InChI is InChI=1S/C7H9NO.C2H6/c1-5-2-3-6(4-8)7(5)9;1-2/h5-6H,2-3H2,1H3;1-2H3. The molecule has 0 saturated heterocycles. The van der Waals surface area contributed by atoms with Crippen LogP contribution in [-0.2, 0) is 4.79 Å². The van der Waals surface area contributed by atoms with Gasteiger partial charge in [0.15, 0.2) is 5.78 Å². The number of nitrogens with zero attached hydrogens (tertiary/aromatic N) is 1. The van der Waals surface area contributed by atoms with Crippen LogP contribution in [0.2, 0.25) is 0 Å². The van der Waals surface area contributed by atoms with Crippen LogP contribution in [0.15, 0.2) is 0 Å². The van der Waals surface area contributed by atoms with Gasteiger partial charge in [0.2, 0.25) is 0 Å². The van der Waals surface area contributed by atoms with E-state index in [0.29, 0.717) is 0 Å². The minimum Gasteiger partial charge on any atom is -0.298 e.